The molecule has 1 aromatic rings. The van der Waals surface area contributed by atoms with Gasteiger partial charge in [-0.3, -0.25) is 0 Å². The summed E-state index contributed by atoms with van der Waals surface area (Å²) in [5.41, 5.74) is 2.05. The van der Waals surface area contributed by atoms with E-state index in [-0.39, 0.29) is 5.92 Å². The van der Waals surface area contributed by atoms with Crippen molar-refractivity contribution in [3.63, 3.8) is 0 Å². The van der Waals surface area contributed by atoms with Gasteiger partial charge in [-0.15, -0.1) is 0 Å². The van der Waals surface area contributed by atoms with E-state index in [1.54, 1.807) is 0 Å². The summed E-state index contributed by atoms with van der Waals surface area (Å²) in [6, 6.07) is 7.66. The van der Waals surface area contributed by atoms with Crippen molar-refractivity contribution in [3.8, 4) is 0 Å². The van der Waals surface area contributed by atoms with Gasteiger partial charge in [-0.1, -0.05) is 0 Å². The van der Waals surface area contributed by atoms with E-state index < -0.39 is 5.97 Å². The zero-order chi connectivity index (χ0) is 9.84. The Morgan fingerprint density at radius 2 is 2.00 bits per heavy atom. The summed E-state index contributed by atoms with van der Waals surface area (Å²) in [5, 5.41) is 9.53. The van der Waals surface area contributed by atoms with Crippen LogP contribution in [0.1, 0.15) is 17.0 Å². The van der Waals surface area contributed by atoms with Crippen LogP contribution in [-0.2, 0) is 4.79 Å². The molecule has 3 radical (unpaired) electrons. The molecule has 0 heterocycles. The molecule has 0 aromatic heterocycles. The number of hydrogen-bond donors (Lipinski definition) is 1. The van der Waals surface area contributed by atoms with E-state index in [4.69, 9.17) is 5.11 Å². The van der Waals surface area contributed by atoms with Crippen LogP contribution in [-0.4, -0.2) is 27.6 Å². The van der Waals surface area contributed by atoms with Gasteiger partial charge in [0.15, 0.2) is 0 Å². The van der Waals surface area contributed by atoms with Crippen molar-refractivity contribution in [3.05, 3.63) is 35.4 Å². The molecule has 0 aliphatic rings. The maximum atomic E-state index is 10.8. The minimum atomic E-state index is -0.744. The molecule has 0 saturated carbocycles. The molecule has 0 bridgehead atoms. The van der Waals surface area contributed by atoms with Gasteiger partial charge < -0.3 is 0 Å². The Balaban J connectivity index is 2.92. The normalized spacial score (nSPS) is 12.5. The van der Waals surface area contributed by atoms with Crippen LogP contribution >= 0.6 is 0 Å². The molecule has 1 N–H and O–H groups in total. The average molecular weight is 236 g/mol. The number of aryl methyl sites for hydroxylation is 1. The second-order valence-electron chi connectivity index (χ2n) is 3.01. The molecular formula is C10H11GeO2. The summed E-state index contributed by atoms with van der Waals surface area (Å²) >= 11 is 1.89. The van der Waals surface area contributed by atoms with Crippen LogP contribution in [0, 0.1) is 6.92 Å². The SMILES string of the molecule is Cc1ccc(C([CH2][Ge])C(=O)O)cc1. The molecule has 13 heavy (non-hydrogen) atoms. The summed E-state index contributed by atoms with van der Waals surface area (Å²) in [6.45, 7) is 1.99. The predicted octanol–water partition coefficient (Wildman–Crippen LogP) is 1.75. The molecule has 0 aliphatic heterocycles. The van der Waals surface area contributed by atoms with Crippen LogP contribution in [0.3, 0.4) is 0 Å². The van der Waals surface area contributed by atoms with Gasteiger partial charge >= 0.3 is 85.9 Å². The third-order valence-corrected chi connectivity index (χ3v) is 2.84. The Hall–Kier alpha value is -0.767. The second kappa shape index (κ2) is 4.46. The van der Waals surface area contributed by atoms with E-state index in [1.807, 2.05) is 47.7 Å². The monoisotopic (exact) mass is 237 g/mol. The molecule has 1 rings (SSSR count). The van der Waals surface area contributed by atoms with Crippen LogP contribution in [0.5, 0.6) is 0 Å². The third kappa shape index (κ3) is 2.59. The molecule has 2 nitrogen and oxygen atoms in total. The third-order valence-electron chi connectivity index (χ3n) is 1.98. The maximum absolute atomic E-state index is 10.8. The number of aliphatic carboxylic acids is 1. The standard InChI is InChI=1S/C10H11GeO2/c1-7-2-4-8(5-3-7)9(6-11)10(12)13/h2-5,9H,6H2,1H3,(H,12,13). The summed E-state index contributed by atoms with van der Waals surface area (Å²) in [7, 11) is 0. The fourth-order valence-electron chi connectivity index (χ4n) is 1.15. The fraction of sp³-hybridized carbons (Fsp3) is 0.300. The van der Waals surface area contributed by atoms with E-state index in [9.17, 15) is 4.79 Å². The zero-order valence-corrected chi connectivity index (χ0v) is 9.55. The van der Waals surface area contributed by atoms with Crippen LogP contribution in [0.25, 0.3) is 0 Å². The van der Waals surface area contributed by atoms with Gasteiger partial charge in [0.2, 0.25) is 0 Å². The number of carboxylic acid groups (broad SMARTS) is 1. The Labute approximate surface area is 86.2 Å². The first-order chi connectivity index (χ1) is 6.15. The fourth-order valence-corrected chi connectivity index (χ4v) is 2.01. The van der Waals surface area contributed by atoms with Gasteiger partial charge in [0.25, 0.3) is 0 Å². The topological polar surface area (TPSA) is 37.3 Å². The first-order valence-electron chi connectivity index (χ1n) is 4.09. The van der Waals surface area contributed by atoms with Crippen LogP contribution in [0.15, 0.2) is 24.3 Å². The van der Waals surface area contributed by atoms with Crippen molar-refractivity contribution in [2.75, 3.05) is 0 Å². The van der Waals surface area contributed by atoms with Crippen LogP contribution in [0.2, 0.25) is 5.25 Å². The molecule has 0 amide bonds. The molecule has 3 heteroatoms. The molecule has 1 aromatic carbocycles. The number of carboxylic acids is 1. The van der Waals surface area contributed by atoms with E-state index in [0.29, 0.717) is 5.25 Å². The van der Waals surface area contributed by atoms with Crippen molar-refractivity contribution < 1.29 is 9.90 Å². The molecule has 1 unspecified atom stereocenters. The van der Waals surface area contributed by atoms with Gasteiger partial charge in [-0.25, -0.2) is 0 Å². The quantitative estimate of drug-likeness (QED) is 0.811. The summed E-state index contributed by atoms with van der Waals surface area (Å²) in [4.78, 5) is 10.8. The van der Waals surface area contributed by atoms with Gasteiger partial charge in [0.1, 0.15) is 0 Å². The van der Waals surface area contributed by atoms with Gasteiger partial charge in [-0.2, -0.15) is 0 Å². The van der Waals surface area contributed by atoms with Crippen molar-refractivity contribution >= 4 is 22.5 Å². The van der Waals surface area contributed by atoms with Crippen LogP contribution in [0.4, 0.5) is 0 Å². The second-order valence-corrected chi connectivity index (χ2v) is 3.86. The van der Waals surface area contributed by atoms with E-state index in [2.05, 4.69) is 0 Å². The van der Waals surface area contributed by atoms with E-state index in [0.717, 1.165) is 11.1 Å². The first-order valence-corrected chi connectivity index (χ1v) is 5.57. The van der Waals surface area contributed by atoms with Gasteiger partial charge in [0.05, 0.1) is 0 Å². The van der Waals surface area contributed by atoms with Crippen molar-refractivity contribution in [2.24, 2.45) is 0 Å². The Morgan fingerprint density at radius 3 is 2.38 bits per heavy atom. The average Bonchev–Trinajstić information content (AvgIpc) is 2.09. The van der Waals surface area contributed by atoms with Gasteiger partial charge in [0, 0.05) is 0 Å². The Morgan fingerprint density at radius 1 is 1.46 bits per heavy atom. The first kappa shape index (κ1) is 10.3. The minimum absolute atomic E-state index is 0.361. The molecule has 0 aliphatic carbocycles. The molecule has 0 saturated heterocycles. The van der Waals surface area contributed by atoms with E-state index >= 15 is 0 Å². The van der Waals surface area contributed by atoms with Crippen molar-refractivity contribution in [1.29, 1.82) is 0 Å². The summed E-state index contributed by atoms with van der Waals surface area (Å²) in [5.74, 6) is -1.10. The number of rotatable bonds is 3. The van der Waals surface area contributed by atoms with E-state index in [1.165, 1.54) is 0 Å². The zero-order valence-electron chi connectivity index (χ0n) is 7.45. The van der Waals surface area contributed by atoms with Crippen molar-refractivity contribution in [2.45, 2.75) is 18.1 Å². The molecule has 0 spiro atoms. The molecule has 67 valence electrons. The number of carbonyl (C=O) groups is 1. The number of hydrogen-bond acceptors (Lipinski definition) is 1. The molecule has 1 atom stereocenters. The van der Waals surface area contributed by atoms with Crippen molar-refractivity contribution in [1.82, 2.24) is 0 Å². The summed E-state index contributed by atoms with van der Waals surface area (Å²) in [6.07, 6.45) is 0. The number of benzene rings is 1. The van der Waals surface area contributed by atoms with Gasteiger partial charge in [-0.05, 0) is 0 Å². The van der Waals surface area contributed by atoms with Crippen LogP contribution < -0.4 is 0 Å². The predicted molar refractivity (Wildman–Crippen MR) is 52.1 cm³/mol. The Kier molecular flexibility index (Phi) is 3.54. The molecular weight excluding hydrogens is 225 g/mol. The molecule has 0 fully saturated rings. The summed E-state index contributed by atoms with van der Waals surface area (Å²) < 4.78 is 0. The Bertz CT molecular complexity index is 292.